The Hall–Kier alpha value is -0.930. The highest BCUT2D eigenvalue weighted by Crippen LogP contribution is 2.40. The highest BCUT2D eigenvalue weighted by Gasteiger charge is 2.40. The Labute approximate surface area is 121 Å². The Balaban J connectivity index is 2.36. The molecule has 3 heteroatoms. The summed E-state index contributed by atoms with van der Waals surface area (Å²) in [5, 5.41) is 3.46. The summed E-state index contributed by atoms with van der Waals surface area (Å²) in [5.74, 6) is -0.140. The first-order chi connectivity index (χ1) is 9.73. The van der Waals surface area contributed by atoms with Crippen molar-refractivity contribution in [1.82, 2.24) is 5.32 Å². The van der Waals surface area contributed by atoms with Gasteiger partial charge in [0.2, 0.25) is 0 Å². The topological polar surface area (TPSA) is 21.3 Å². The lowest BCUT2D eigenvalue weighted by atomic mass is 9.82. The summed E-state index contributed by atoms with van der Waals surface area (Å²) in [5.41, 5.74) is 0.451. The Bertz CT molecular complexity index is 413. The van der Waals surface area contributed by atoms with Crippen molar-refractivity contribution in [3.8, 4) is 0 Å². The van der Waals surface area contributed by atoms with E-state index in [2.05, 4.69) is 12.2 Å². The molecule has 0 bridgehead atoms. The fraction of sp³-hybridized carbons (Fsp3) is 0.647. The molecule has 112 valence electrons. The normalized spacial score (nSPS) is 20.4. The second kappa shape index (κ2) is 7.19. The summed E-state index contributed by atoms with van der Waals surface area (Å²) in [6.45, 7) is 2.87. The van der Waals surface area contributed by atoms with E-state index in [1.165, 1.54) is 12.8 Å². The molecule has 0 saturated heterocycles. The second-order valence-corrected chi connectivity index (χ2v) is 5.70. The third kappa shape index (κ3) is 3.21. The van der Waals surface area contributed by atoms with Crippen molar-refractivity contribution in [1.29, 1.82) is 0 Å². The number of likely N-dealkylation sites (N-methyl/N-ethyl adjacent to an activating group) is 1. The molecule has 1 aliphatic rings. The number of halogens is 1. The summed E-state index contributed by atoms with van der Waals surface area (Å²) in [6, 6.07) is 7.00. The lowest BCUT2D eigenvalue weighted by Crippen LogP contribution is -2.45. The highest BCUT2D eigenvalue weighted by molar-refractivity contribution is 5.24. The van der Waals surface area contributed by atoms with Crippen LogP contribution in [0.25, 0.3) is 0 Å². The van der Waals surface area contributed by atoms with Crippen molar-refractivity contribution in [3.63, 3.8) is 0 Å². The number of hydrogen-bond acceptors (Lipinski definition) is 2. The first-order valence-electron chi connectivity index (χ1n) is 7.76. The average molecular weight is 279 g/mol. The van der Waals surface area contributed by atoms with Crippen LogP contribution in [-0.4, -0.2) is 19.3 Å². The number of ether oxygens (including phenoxy) is 1. The van der Waals surface area contributed by atoms with E-state index in [0.29, 0.717) is 0 Å². The van der Waals surface area contributed by atoms with Crippen molar-refractivity contribution >= 4 is 0 Å². The lowest BCUT2D eigenvalue weighted by Gasteiger charge is -2.40. The van der Waals surface area contributed by atoms with E-state index in [0.717, 1.165) is 37.8 Å². The van der Waals surface area contributed by atoms with Gasteiger partial charge in [-0.25, -0.2) is 4.39 Å². The molecule has 0 aliphatic heterocycles. The van der Waals surface area contributed by atoms with Crippen LogP contribution in [0, 0.1) is 5.82 Å². The zero-order valence-electron chi connectivity index (χ0n) is 12.6. The zero-order valence-corrected chi connectivity index (χ0v) is 12.6. The Morgan fingerprint density at radius 2 is 1.85 bits per heavy atom. The van der Waals surface area contributed by atoms with Gasteiger partial charge in [-0.3, -0.25) is 0 Å². The van der Waals surface area contributed by atoms with Crippen LogP contribution in [0.4, 0.5) is 4.39 Å². The maximum absolute atomic E-state index is 14.2. The second-order valence-electron chi connectivity index (χ2n) is 5.70. The minimum Gasteiger partial charge on any atom is -0.376 e. The molecule has 1 aromatic rings. The zero-order chi connectivity index (χ0) is 14.4. The van der Waals surface area contributed by atoms with Crippen molar-refractivity contribution in [2.24, 2.45) is 0 Å². The molecule has 1 N–H and O–H groups in total. The number of methoxy groups -OCH3 is 1. The number of hydrogen-bond donors (Lipinski definition) is 1. The third-order valence-electron chi connectivity index (χ3n) is 4.51. The first-order valence-corrected chi connectivity index (χ1v) is 7.76. The van der Waals surface area contributed by atoms with Crippen molar-refractivity contribution in [2.45, 2.75) is 57.1 Å². The summed E-state index contributed by atoms with van der Waals surface area (Å²) in [4.78, 5) is 0. The van der Waals surface area contributed by atoms with Crippen LogP contribution in [-0.2, 0) is 4.74 Å². The molecule has 1 fully saturated rings. The third-order valence-corrected chi connectivity index (χ3v) is 4.51. The molecule has 1 aliphatic carbocycles. The summed E-state index contributed by atoms with van der Waals surface area (Å²) in [7, 11) is 1.77. The summed E-state index contributed by atoms with van der Waals surface area (Å²) in [6.07, 6.45) is 6.81. The van der Waals surface area contributed by atoms with Crippen molar-refractivity contribution in [2.75, 3.05) is 13.7 Å². The predicted molar refractivity (Wildman–Crippen MR) is 80.3 cm³/mol. The maximum atomic E-state index is 14.2. The standard InChI is InChI=1S/C17H26FNO/c1-3-19-16(14-10-6-7-11-15(14)18)17(20-2)12-8-4-5-9-13-17/h6-7,10-11,16,19H,3-5,8-9,12-13H2,1-2H3. The molecule has 0 radical (unpaired) electrons. The summed E-state index contributed by atoms with van der Waals surface area (Å²) >= 11 is 0. The van der Waals surface area contributed by atoms with Crippen molar-refractivity contribution in [3.05, 3.63) is 35.6 Å². The van der Waals surface area contributed by atoms with Gasteiger partial charge in [-0.15, -0.1) is 0 Å². The molecular weight excluding hydrogens is 253 g/mol. The van der Waals surface area contributed by atoms with Crippen LogP contribution in [0.5, 0.6) is 0 Å². The number of benzene rings is 1. The van der Waals surface area contributed by atoms with Gasteiger partial charge in [-0.1, -0.05) is 50.8 Å². The molecule has 2 nitrogen and oxygen atoms in total. The molecule has 1 atom stereocenters. The maximum Gasteiger partial charge on any atom is 0.128 e. The Kier molecular flexibility index (Phi) is 5.55. The highest BCUT2D eigenvalue weighted by atomic mass is 19.1. The smallest absolute Gasteiger partial charge is 0.128 e. The van der Waals surface area contributed by atoms with Gasteiger partial charge >= 0.3 is 0 Å². The Morgan fingerprint density at radius 3 is 2.40 bits per heavy atom. The fourth-order valence-electron chi connectivity index (χ4n) is 3.43. The van der Waals surface area contributed by atoms with E-state index in [9.17, 15) is 4.39 Å². The fourth-order valence-corrected chi connectivity index (χ4v) is 3.43. The molecular formula is C17H26FNO. The van der Waals surface area contributed by atoms with Gasteiger partial charge in [0.15, 0.2) is 0 Å². The molecule has 1 saturated carbocycles. The average Bonchev–Trinajstić information content (AvgIpc) is 2.72. The largest absolute Gasteiger partial charge is 0.376 e. The van der Waals surface area contributed by atoms with Crippen LogP contribution in [0.2, 0.25) is 0 Å². The Morgan fingerprint density at radius 1 is 1.20 bits per heavy atom. The van der Waals surface area contributed by atoms with Crippen LogP contribution in [0.3, 0.4) is 0 Å². The first kappa shape index (κ1) is 15.5. The van der Waals surface area contributed by atoms with E-state index in [1.807, 2.05) is 12.1 Å². The van der Waals surface area contributed by atoms with E-state index in [-0.39, 0.29) is 17.5 Å². The van der Waals surface area contributed by atoms with Crippen LogP contribution >= 0.6 is 0 Å². The molecule has 0 aromatic heterocycles. The van der Waals surface area contributed by atoms with E-state index in [1.54, 1.807) is 19.2 Å². The van der Waals surface area contributed by atoms with Crippen LogP contribution < -0.4 is 5.32 Å². The molecule has 1 aromatic carbocycles. The molecule has 1 unspecified atom stereocenters. The van der Waals surface area contributed by atoms with E-state index < -0.39 is 0 Å². The molecule has 0 heterocycles. The van der Waals surface area contributed by atoms with E-state index >= 15 is 0 Å². The quantitative estimate of drug-likeness (QED) is 0.815. The minimum atomic E-state index is -0.283. The van der Waals surface area contributed by atoms with Crippen LogP contribution in [0.15, 0.2) is 24.3 Å². The minimum absolute atomic E-state index is 0.0724. The van der Waals surface area contributed by atoms with Gasteiger partial charge in [0.1, 0.15) is 5.82 Å². The van der Waals surface area contributed by atoms with E-state index in [4.69, 9.17) is 4.74 Å². The van der Waals surface area contributed by atoms with Gasteiger partial charge in [-0.05, 0) is 25.5 Å². The number of rotatable bonds is 5. The number of nitrogens with one attached hydrogen (secondary N) is 1. The SMILES string of the molecule is CCNC(c1ccccc1F)C1(OC)CCCCCC1. The molecule has 2 rings (SSSR count). The van der Waals surface area contributed by atoms with Crippen LogP contribution in [0.1, 0.15) is 57.1 Å². The van der Waals surface area contributed by atoms with Gasteiger partial charge < -0.3 is 10.1 Å². The molecule has 20 heavy (non-hydrogen) atoms. The monoisotopic (exact) mass is 279 g/mol. The summed E-state index contributed by atoms with van der Waals surface area (Å²) < 4.78 is 20.2. The van der Waals surface area contributed by atoms with Gasteiger partial charge in [0.05, 0.1) is 11.6 Å². The lowest BCUT2D eigenvalue weighted by molar-refractivity contribution is -0.0544. The molecule has 0 spiro atoms. The predicted octanol–water partition coefficient (Wildman–Crippen LogP) is 4.22. The van der Waals surface area contributed by atoms with Gasteiger partial charge in [-0.2, -0.15) is 0 Å². The van der Waals surface area contributed by atoms with Crippen molar-refractivity contribution < 1.29 is 9.13 Å². The van der Waals surface area contributed by atoms with Gasteiger partial charge in [0.25, 0.3) is 0 Å². The molecule has 0 amide bonds. The van der Waals surface area contributed by atoms with Gasteiger partial charge in [0, 0.05) is 12.7 Å².